The number of benzene rings is 1. The third-order valence-electron chi connectivity index (χ3n) is 2.76. The number of rotatable bonds is 5. The molecule has 21 heavy (non-hydrogen) atoms. The summed E-state index contributed by atoms with van der Waals surface area (Å²) in [4.78, 5) is 4.11. The van der Waals surface area contributed by atoms with Crippen LogP contribution in [0.25, 0.3) is 0 Å². The van der Waals surface area contributed by atoms with E-state index in [2.05, 4.69) is 10.1 Å². The zero-order chi connectivity index (χ0) is 14.7. The Morgan fingerprint density at radius 1 is 1.24 bits per heavy atom. The molecule has 2 aromatic heterocycles. The summed E-state index contributed by atoms with van der Waals surface area (Å²) in [7, 11) is 0. The van der Waals surface area contributed by atoms with Crippen LogP contribution < -0.4 is 4.74 Å². The van der Waals surface area contributed by atoms with Crippen molar-refractivity contribution >= 4 is 22.9 Å². The molecular formula is C14H11ClFN3OS. The molecule has 0 aliphatic heterocycles. The van der Waals surface area contributed by atoms with Gasteiger partial charge in [-0.15, -0.1) is 11.3 Å². The Labute approximate surface area is 129 Å². The standard InChI is InChI=1S/C14H11ClFN3OS/c15-13-6-17-14(21-13)9-20-12-5-18-19(8-12)7-10-1-3-11(16)4-2-10/h1-6,8H,7,9H2. The van der Waals surface area contributed by atoms with Crippen molar-refractivity contribution in [2.24, 2.45) is 0 Å². The minimum absolute atomic E-state index is 0.245. The van der Waals surface area contributed by atoms with Gasteiger partial charge in [0.25, 0.3) is 0 Å². The van der Waals surface area contributed by atoms with Gasteiger partial charge in [-0.2, -0.15) is 5.10 Å². The summed E-state index contributed by atoms with van der Waals surface area (Å²) in [5, 5.41) is 5.02. The average molecular weight is 324 g/mol. The highest BCUT2D eigenvalue weighted by atomic mass is 35.5. The van der Waals surface area contributed by atoms with Crippen LogP contribution >= 0.6 is 22.9 Å². The minimum atomic E-state index is -0.245. The molecule has 0 unspecified atom stereocenters. The second-order valence-corrected chi connectivity index (χ2v) is 6.09. The molecule has 3 aromatic rings. The molecule has 2 heterocycles. The molecular weight excluding hydrogens is 313 g/mol. The SMILES string of the molecule is Fc1ccc(Cn2cc(OCc3ncc(Cl)s3)cn2)cc1. The normalized spacial score (nSPS) is 10.8. The molecule has 0 fully saturated rings. The van der Waals surface area contributed by atoms with Crippen LogP contribution in [0.15, 0.2) is 42.9 Å². The first-order chi connectivity index (χ1) is 10.2. The van der Waals surface area contributed by atoms with Crippen molar-refractivity contribution in [1.82, 2.24) is 14.8 Å². The van der Waals surface area contributed by atoms with Gasteiger partial charge in [-0.25, -0.2) is 9.37 Å². The summed E-state index contributed by atoms with van der Waals surface area (Å²) in [5.74, 6) is 0.411. The molecule has 3 rings (SSSR count). The Morgan fingerprint density at radius 2 is 2.05 bits per heavy atom. The maximum atomic E-state index is 12.8. The van der Waals surface area contributed by atoms with Crippen LogP contribution in [0.3, 0.4) is 0 Å². The van der Waals surface area contributed by atoms with Crippen molar-refractivity contribution in [1.29, 1.82) is 0 Å². The number of ether oxygens (including phenoxy) is 1. The van der Waals surface area contributed by atoms with Gasteiger partial charge in [0.2, 0.25) is 0 Å². The predicted molar refractivity (Wildman–Crippen MR) is 79.2 cm³/mol. The van der Waals surface area contributed by atoms with Crippen molar-refractivity contribution in [3.05, 3.63) is 63.6 Å². The molecule has 0 aliphatic rings. The van der Waals surface area contributed by atoms with Crippen molar-refractivity contribution in [3.63, 3.8) is 0 Å². The Hall–Kier alpha value is -1.92. The van der Waals surface area contributed by atoms with E-state index in [1.807, 2.05) is 0 Å². The molecule has 0 atom stereocenters. The maximum absolute atomic E-state index is 12.8. The van der Waals surface area contributed by atoms with Gasteiger partial charge < -0.3 is 4.74 Å². The van der Waals surface area contributed by atoms with Crippen LogP contribution in [0.4, 0.5) is 4.39 Å². The van der Waals surface area contributed by atoms with E-state index < -0.39 is 0 Å². The molecule has 0 aliphatic carbocycles. The van der Waals surface area contributed by atoms with E-state index in [9.17, 15) is 4.39 Å². The fourth-order valence-electron chi connectivity index (χ4n) is 1.78. The molecule has 0 amide bonds. The van der Waals surface area contributed by atoms with Crippen LogP contribution in [0.2, 0.25) is 4.34 Å². The van der Waals surface area contributed by atoms with E-state index in [1.165, 1.54) is 23.5 Å². The molecule has 7 heteroatoms. The molecule has 0 N–H and O–H groups in total. The Balaban J connectivity index is 1.59. The lowest BCUT2D eigenvalue weighted by atomic mass is 10.2. The van der Waals surface area contributed by atoms with E-state index in [0.29, 0.717) is 23.2 Å². The zero-order valence-corrected chi connectivity index (χ0v) is 12.4. The van der Waals surface area contributed by atoms with E-state index in [-0.39, 0.29) is 5.82 Å². The van der Waals surface area contributed by atoms with Crippen molar-refractivity contribution in [2.45, 2.75) is 13.2 Å². The lowest BCUT2D eigenvalue weighted by molar-refractivity contribution is 0.305. The summed E-state index contributed by atoms with van der Waals surface area (Å²) >= 11 is 7.19. The van der Waals surface area contributed by atoms with Gasteiger partial charge in [0.1, 0.15) is 21.8 Å². The van der Waals surface area contributed by atoms with Crippen LogP contribution in [0, 0.1) is 5.82 Å². The largest absolute Gasteiger partial charge is 0.483 e. The Bertz CT molecular complexity index is 726. The van der Waals surface area contributed by atoms with Crippen LogP contribution in [0.5, 0.6) is 5.75 Å². The van der Waals surface area contributed by atoms with Crippen LogP contribution in [0.1, 0.15) is 10.6 Å². The number of thiazole rings is 1. The summed E-state index contributed by atoms with van der Waals surface area (Å²) in [6, 6.07) is 6.33. The first kappa shape index (κ1) is 14.0. The van der Waals surface area contributed by atoms with E-state index in [0.717, 1.165) is 10.6 Å². The molecule has 108 valence electrons. The highest BCUT2D eigenvalue weighted by Crippen LogP contribution is 2.20. The van der Waals surface area contributed by atoms with Crippen LogP contribution in [-0.2, 0) is 13.2 Å². The first-order valence-corrected chi connectivity index (χ1v) is 7.38. The highest BCUT2D eigenvalue weighted by molar-refractivity contribution is 7.15. The van der Waals surface area contributed by atoms with Crippen molar-refractivity contribution in [3.8, 4) is 5.75 Å². The number of hydrogen-bond acceptors (Lipinski definition) is 4. The average Bonchev–Trinajstić information content (AvgIpc) is 3.08. The molecule has 0 spiro atoms. The molecule has 0 saturated heterocycles. The first-order valence-electron chi connectivity index (χ1n) is 6.19. The monoisotopic (exact) mass is 323 g/mol. The summed E-state index contributed by atoms with van der Waals surface area (Å²) in [5.41, 5.74) is 0.970. The maximum Gasteiger partial charge on any atom is 0.157 e. The van der Waals surface area contributed by atoms with Gasteiger partial charge in [-0.3, -0.25) is 4.68 Å². The number of nitrogens with zero attached hydrogens (tertiary/aromatic N) is 3. The molecule has 0 radical (unpaired) electrons. The molecule has 1 aromatic carbocycles. The van der Waals surface area contributed by atoms with E-state index in [4.69, 9.17) is 16.3 Å². The van der Waals surface area contributed by atoms with E-state index in [1.54, 1.807) is 35.4 Å². The number of aromatic nitrogens is 3. The number of hydrogen-bond donors (Lipinski definition) is 0. The summed E-state index contributed by atoms with van der Waals surface area (Å²) in [6.45, 7) is 0.923. The molecule has 0 bridgehead atoms. The summed E-state index contributed by atoms with van der Waals surface area (Å²) in [6.07, 6.45) is 5.03. The van der Waals surface area contributed by atoms with Gasteiger partial charge >= 0.3 is 0 Å². The van der Waals surface area contributed by atoms with Crippen molar-refractivity contribution in [2.75, 3.05) is 0 Å². The summed E-state index contributed by atoms with van der Waals surface area (Å²) < 4.78 is 20.8. The van der Waals surface area contributed by atoms with Gasteiger partial charge in [0.05, 0.1) is 25.1 Å². The Morgan fingerprint density at radius 3 is 2.76 bits per heavy atom. The quantitative estimate of drug-likeness (QED) is 0.717. The second-order valence-electron chi connectivity index (χ2n) is 4.35. The fraction of sp³-hybridized carbons (Fsp3) is 0.143. The third-order valence-corrected chi connectivity index (χ3v) is 3.84. The third kappa shape index (κ3) is 3.80. The van der Waals surface area contributed by atoms with Crippen LogP contribution in [-0.4, -0.2) is 14.8 Å². The lowest BCUT2D eigenvalue weighted by Crippen LogP contribution is -1.99. The second kappa shape index (κ2) is 6.24. The highest BCUT2D eigenvalue weighted by Gasteiger charge is 2.04. The van der Waals surface area contributed by atoms with E-state index >= 15 is 0 Å². The van der Waals surface area contributed by atoms with Gasteiger partial charge in [-0.1, -0.05) is 23.7 Å². The van der Waals surface area contributed by atoms with Gasteiger partial charge in [0.15, 0.2) is 5.75 Å². The molecule has 4 nitrogen and oxygen atoms in total. The smallest absolute Gasteiger partial charge is 0.157 e. The zero-order valence-electron chi connectivity index (χ0n) is 10.9. The van der Waals surface area contributed by atoms with Crippen molar-refractivity contribution < 1.29 is 9.13 Å². The fourth-order valence-corrected chi connectivity index (χ4v) is 2.65. The number of halogens is 2. The van der Waals surface area contributed by atoms with Gasteiger partial charge in [0, 0.05) is 0 Å². The predicted octanol–water partition coefficient (Wildman–Crippen LogP) is 3.76. The topological polar surface area (TPSA) is 39.9 Å². The van der Waals surface area contributed by atoms with Gasteiger partial charge in [-0.05, 0) is 17.7 Å². The molecule has 0 saturated carbocycles. The Kier molecular flexibility index (Phi) is 4.17. The lowest BCUT2D eigenvalue weighted by Gasteiger charge is -2.02. The minimum Gasteiger partial charge on any atom is -0.483 e.